The van der Waals surface area contributed by atoms with Gasteiger partial charge in [0.15, 0.2) is 0 Å². The minimum absolute atomic E-state index is 2.83. The molecule has 15 heavy (non-hydrogen) atoms. The third-order valence-electron chi connectivity index (χ3n) is 0.613. The Morgan fingerprint density at radius 2 is 1.20 bits per heavy atom. The molecule has 0 aliphatic rings. The molecule has 0 bridgehead atoms. The van der Waals surface area contributed by atoms with E-state index in [0.29, 0.717) is 0 Å². The van der Waals surface area contributed by atoms with Crippen molar-refractivity contribution in [3.63, 3.8) is 0 Å². The molecule has 0 radical (unpaired) electrons. The second kappa shape index (κ2) is 5.11. The fourth-order valence-corrected chi connectivity index (χ4v) is 3.06. The summed E-state index contributed by atoms with van der Waals surface area (Å²) in [5.41, 5.74) is 0. The number of rotatable bonds is 6. The van der Waals surface area contributed by atoms with Crippen LogP contribution in [0.4, 0.5) is 0 Å². The Hall–Kier alpha value is 0.330. The molecular weight excluding hydrogens is 285 g/mol. The third-order valence-corrected chi connectivity index (χ3v) is 4.31. The summed E-state index contributed by atoms with van der Waals surface area (Å²) in [6.07, 6.45) is 0. The second-order valence-electron chi connectivity index (χ2n) is 1.73. The van der Waals surface area contributed by atoms with Gasteiger partial charge in [0.25, 0.3) is 0 Å². The van der Waals surface area contributed by atoms with E-state index < -0.39 is 23.5 Å². The van der Waals surface area contributed by atoms with Crippen molar-refractivity contribution in [2.45, 2.75) is 0 Å². The predicted molar refractivity (Wildman–Crippen MR) is 39.1 cm³/mol. The Bertz CT molecular complexity index is 325. The van der Waals surface area contributed by atoms with E-state index in [-0.39, 0.29) is 0 Å². The minimum atomic E-state index is -5.56. The van der Waals surface area contributed by atoms with Crippen molar-refractivity contribution in [3.05, 3.63) is 0 Å². The van der Waals surface area contributed by atoms with Crippen LogP contribution in [0, 0.1) is 0 Å². The molecule has 0 aromatic heterocycles. The van der Waals surface area contributed by atoms with Crippen LogP contribution < -0.4 is 0 Å². The normalized spacial score (nSPS) is 17.4. The van der Waals surface area contributed by atoms with E-state index in [1.807, 2.05) is 0 Å². The van der Waals surface area contributed by atoms with Gasteiger partial charge < -0.3 is 14.7 Å². The van der Waals surface area contributed by atoms with Crippen molar-refractivity contribution in [2.24, 2.45) is 0 Å². The Morgan fingerprint density at radius 3 is 1.47 bits per heavy atom. The molecular formula is H5O12P3. The molecule has 12 nitrogen and oxygen atoms in total. The van der Waals surface area contributed by atoms with Gasteiger partial charge >= 0.3 is 23.5 Å². The van der Waals surface area contributed by atoms with Gasteiger partial charge in [-0.3, -0.25) is 0 Å². The van der Waals surface area contributed by atoms with Gasteiger partial charge in [-0.1, -0.05) is 0 Å². The van der Waals surface area contributed by atoms with Gasteiger partial charge in [-0.2, -0.15) is 8.62 Å². The Balaban J connectivity index is 4.72. The maximum Gasteiger partial charge on any atom is 0.537 e. The molecule has 0 aliphatic carbocycles. The predicted octanol–water partition coefficient (Wildman–Crippen LogP) is 0.300. The lowest BCUT2D eigenvalue weighted by molar-refractivity contribution is -0.222. The molecule has 0 spiro atoms. The fraction of sp³-hybridized carbons (Fsp3) is 0. The molecule has 92 valence electrons. The van der Waals surface area contributed by atoms with Crippen LogP contribution in [0.2, 0.25) is 0 Å². The van der Waals surface area contributed by atoms with Crippen LogP contribution in [-0.2, 0) is 31.7 Å². The molecule has 0 amide bonds. The highest BCUT2D eigenvalue weighted by atomic mass is 31.3. The van der Waals surface area contributed by atoms with E-state index in [1.54, 1.807) is 0 Å². The van der Waals surface area contributed by atoms with Gasteiger partial charge in [-0.25, -0.2) is 24.2 Å². The van der Waals surface area contributed by atoms with Crippen LogP contribution in [-0.4, -0.2) is 25.2 Å². The molecule has 5 N–H and O–H groups in total. The lowest BCUT2D eigenvalue weighted by Gasteiger charge is -2.14. The van der Waals surface area contributed by atoms with Gasteiger partial charge in [0, 0.05) is 0 Å². The van der Waals surface area contributed by atoms with Crippen molar-refractivity contribution in [2.75, 3.05) is 0 Å². The summed E-state index contributed by atoms with van der Waals surface area (Å²) in [5.74, 6) is 0. The second-order valence-corrected chi connectivity index (χ2v) is 6.18. The summed E-state index contributed by atoms with van der Waals surface area (Å²) in [5, 5.41) is 15.6. The van der Waals surface area contributed by atoms with E-state index >= 15 is 0 Å². The first-order chi connectivity index (χ1) is 6.54. The molecule has 0 saturated carbocycles. The Morgan fingerprint density at radius 1 is 0.800 bits per heavy atom. The first kappa shape index (κ1) is 15.3. The summed E-state index contributed by atoms with van der Waals surface area (Å²) in [6.45, 7) is 0. The zero-order valence-corrected chi connectivity index (χ0v) is 9.12. The molecule has 0 heterocycles. The maximum atomic E-state index is 10.6. The van der Waals surface area contributed by atoms with Gasteiger partial charge in [0.05, 0.1) is 0 Å². The SMILES string of the molecule is O=P(O)(O)OP(=O)(O)OP(=O)(OO)OO. The third kappa shape index (κ3) is 6.48. The van der Waals surface area contributed by atoms with Gasteiger partial charge in [0.1, 0.15) is 0 Å². The average molecular weight is 290 g/mol. The van der Waals surface area contributed by atoms with Crippen molar-refractivity contribution >= 4 is 23.5 Å². The molecule has 0 fully saturated rings. The highest BCUT2D eigenvalue weighted by molar-refractivity contribution is 7.66. The van der Waals surface area contributed by atoms with E-state index in [1.165, 1.54) is 0 Å². The summed E-state index contributed by atoms with van der Waals surface area (Å²) in [7, 11) is -16.3. The summed E-state index contributed by atoms with van der Waals surface area (Å²) < 4.78 is 43.4. The largest absolute Gasteiger partial charge is 0.537 e. The standard InChI is InChI=1S/H5O12P3/c1-9-15(8,10-2)12-14(6,7)11-13(3,4)5/h1-2H,(H,6,7)(H2,3,4,5). The molecule has 0 rings (SSSR count). The van der Waals surface area contributed by atoms with Crippen molar-refractivity contribution in [1.29, 1.82) is 0 Å². The van der Waals surface area contributed by atoms with Crippen LogP contribution in [0.15, 0.2) is 0 Å². The summed E-state index contributed by atoms with van der Waals surface area (Å²) in [6, 6.07) is 0. The van der Waals surface area contributed by atoms with Gasteiger partial charge in [0.2, 0.25) is 0 Å². The monoisotopic (exact) mass is 290 g/mol. The van der Waals surface area contributed by atoms with Gasteiger partial charge in [-0.15, -0.1) is 9.35 Å². The zero-order chi connectivity index (χ0) is 12.3. The Labute approximate surface area is 81.3 Å². The highest BCUT2D eigenvalue weighted by Gasteiger charge is 2.43. The van der Waals surface area contributed by atoms with Crippen LogP contribution >= 0.6 is 23.5 Å². The highest BCUT2D eigenvalue weighted by Crippen LogP contribution is 2.67. The quantitative estimate of drug-likeness (QED) is 0.256. The number of hydrogen-bond acceptors (Lipinski definition) is 9. The van der Waals surface area contributed by atoms with E-state index in [0.717, 1.165) is 0 Å². The molecule has 15 heteroatoms. The first-order valence-electron chi connectivity index (χ1n) is 2.61. The van der Waals surface area contributed by atoms with Crippen LogP contribution in [0.5, 0.6) is 0 Å². The Kier molecular flexibility index (Phi) is 5.22. The summed E-state index contributed by atoms with van der Waals surface area (Å²) >= 11 is 0. The van der Waals surface area contributed by atoms with E-state index in [4.69, 9.17) is 25.2 Å². The average Bonchev–Trinajstić information content (AvgIpc) is 1.98. The molecule has 1 unspecified atom stereocenters. The molecule has 0 aromatic rings. The fourth-order valence-electron chi connectivity index (χ4n) is 0.320. The molecule has 0 aromatic carbocycles. The van der Waals surface area contributed by atoms with Crippen LogP contribution in [0.25, 0.3) is 0 Å². The topological polar surface area (TPSA) is 189 Å². The maximum absolute atomic E-state index is 10.6. The van der Waals surface area contributed by atoms with Crippen molar-refractivity contribution in [3.8, 4) is 0 Å². The van der Waals surface area contributed by atoms with Crippen molar-refractivity contribution in [1.82, 2.24) is 0 Å². The lowest BCUT2D eigenvalue weighted by atomic mass is 14.9. The van der Waals surface area contributed by atoms with E-state index in [9.17, 15) is 13.7 Å². The number of phosphoric acid groups is 3. The van der Waals surface area contributed by atoms with Crippen molar-refractivity contribution < 1.29 is 56.9 Å². The van der Waals surface area contributed by atoms with Crippen LogP contribution in [0.3, 0.4) is 0 Å². The zero-order valence-electron chi connectivity index (χ0n) is 6.44. The van der Waals surface area contributed by atoms with Gasteiger partial charge in [-0.05, 0) is 0 Å². The molecule has 0 aliphatic heterocycles. The van der Waals surface area contributed by atoms with E-state index in [2.05, 4.69) is 18.0 Å². The minimum Gasteiger partial charge on any atom is -0.302 e. The molecule has 1 atom stereocenters. The smallest absolute Gasteiger partial charge is 0.302 e. The molecule has 0 saturated heterocycles. The number of hydrogen-bond donors (Lipinski definition) is 5. The summed E-state index contributed by atoms with van der Waals surface area (Å²) in [4.78, 5) is 24.7. The first-order valence-corrected chi connectivity index (χ1v) is 7.09. The van der Waals surface area contributed by atoms with Crippen LogP contribution in [0.1, 0.15) is 0 Å². The lowest BCUT2D eigenvalue weighted by Crippen LogP contribution is -1.96.